The summed E-state index contributed by atoms with van der Waals surface area (Å²) in [4.78, 5) is 22.6. The lowest BCUT2D eigenvalue weighted by molar-refractivity contribution is -0.153. The van der Waals surface area contributed by atoms with E-state index >= 15 is 0 Å². The van der Waals surface area contributed by atoms with E-state index in [4.69, 9.17) is 0 Å². The Kier molecular flexibility index (Phi) is 34.2. The molecule has 3 nitrogen and oxygen atoms in total. The molecule has 0 aromatic rings. The summed E-state index contributed by atoms with van der Waals surface area (Å²) < 4.78 is 4.62. The number of carbonyl (C=O) groups is 2. The Balaban J connectivity index is 1.61. The van der Waals surface area contributed by atoms with Crippen molar-refractivity contribution in [2.45, 2.75) is 264 Å². The van der Waals surface area contributed by atoms with Crippen LogP contribution in [0, 0.1) is 5.92 Å². The van der Waals surface area contributed by atoms with Gasteiger partial charge in [-0.3, -0.25) is 9.59 Å². The zero-order valence-corrected chi connectivity index (χ0v) is 32.1. The Bertz CT molecular complexity index is 659. The highest BCUT2D eigenvalue weighted by atomic mass is 16.6. The van der Waals surface area contributed by atoms with Gasteiger partial charge in [-0.15, -0.1) is 0 Å². The van der Waals surface area contributed by atoms with Gasteiger partial charge in [0.05, 0.1) is 12.3 Å². The second-order valence-electron chi connectivity index (χ2n) is 15.6. The van der Waals surface area contributed by atoms with Gasteiger partial charge < -0.3 is 4.74 Å². The highest BCUT2D eigenvalue weighted by Gasteiger charge is 2.32. The summed E-state index contributed by atoms with van der Waals surface area (Å²) in [5.74, 6) is -0.788. The molecule has 0 radical (unpaired) electrons. The van der Waals surface area contributed by atoms with E-state index in [9.17, 15) is 9.59 Å². The average Bonchev–Trinajstić information content (AvgIpc) is 3.40. The molecule has 0 bridgehead atoms. The number of hydrogen-bond acceptors (Lipinski definition) is 3. The average molecular weight is 661 g/mol. The Morgan fingerprint density at radius 2 is 0.574 bits per heavy atom. The van der Waals surface area contributed by atoms with Gasteiger partial charge in [-0.05, 0) is 6.42 Å². The molecule has 0 spiro atoms. The Morgan fingerprint density at radius 1 is 0.362 bits per heavy atom. The number of cyclic esters (lactones) is 2. The van der Waals surface area contributed by atoms with Gasteiger partial charge >= 0.3 is 11.9 Å². The van der Waals surface area contributed by atoms with Gasteiger partial charge in [-0.2, -0.15) is 0 Å². The molecular formula is C44H84O3. The summed E-state index contributed by atoms with van der Waals surface area (Å²) in [7, 11) is 0. The number of carbonyl (C=O) groups excluding carboxylic acids is 2. The molecular weight excluding hydrogens is 576 g/mol. The van der Waals surface area contributed by atoms with E-state index in [1.54, 1.807) is 0 Å². The third-order valence-electron chi connectivity index (χ3n) is 10.9. The molecule has 0 aromatic heterocycles. The minimum atomic E-state index is -0.336. The highest BCUT2D eigenvalue weighted by molar-refractivity contribution is 5.94. The first-order valence-corrected chi connectivity index (χ1v) is 22.0. The first-order chi connectivity index (χ1) is 23.2. The van der Waals surface area contributed by atoms with Crippen molar-refractivity contribution >= 4 is 11.9 Å². The topological polar surface area (TPSA) is 43.4 Å². The van der Waals surface area contributed by atoms with E-state index in [1.807, 2.05) is 0 Å². The normalized spacial score (nSPS) is 14.8. The monoisotopic (exact) mass is 661 g/mol. The number of hydrogen-bond donors (Lipinski definition) is 0. The van der Waals surface area contributed by atoms with Crippen molar-refractivity contribution < 1.29 is 14.3 Å². The number of ether oxygens (including phenoxy) is 1. The maximum atomic E-state index is 11.5. The number of esters is 2. The highest BCUT2D eigenvalue weighted by Crippen LogP contribution is 2.23. The fourth-order valence-corrected chi connectivity index (χ4v) is 7.57. The van der Waals surface area contributed by atoms with Gasteiger partial charge in [0.1, 0.15) is 0 Å². The van der Waals surface area contributed by atoms with Crippen molar-refractivity contribution in [1.82, 2.24) is 0 Å². The first kappa shape index (κ1) is 44.2. The van der Waals surface area contributed by atoms with Crippen LogP contribution in [0.1, 0.15) is 264 Å². The quantitative estimate of drug-likeness (QED) is 0.0374. The molecule has 1 heterocycles. The smallest absolute Gasteiger partial charge is 0.317 e. The van der Waals surface area contributed by atoms with Crippen LogP contribution in [-0.4, -0.2) is 11.9 Å². The molecule has 1 atom stereocenters. The van der Waals surface area contributed by atoms with E-state index in [0.29, 0.717) is 6.42 Å². The molecule has 1 saturated heterocycles. The Hall–Kier alpha value is -0.860. The molecule has 47 heavy (non-hydrogen) atoms. The fraction of sp³-hybridized carbons (Fsp3) is 0.955. The number of rotatable bonds is 39. The second-order valence-corrected chi connectivity index (χ2v) is 15.6. The van der Waals surface area contributed by atoms with Gasteiger partial charge in [0.15, 0.2) is 0 Å². The molecule has 1 fully saturated rings. The second kappa shape index (κ2) is 36.4. The van der Waals surface area contributed by atoms with Crippen LogP contribution in [0.3, 0.4) is 0 Å². The molecule has 0 aromatic carbocycles. The standard InChI is InChI=1S/C44H84O3/c1-2-3-4-5-6-7-8-9-10-11-12-13-14-15-16-17-18-19-20-21-22-23-24-25-26-27-28-29-30-31-32-33-34-35-36-37-38-39-40-42-41-43(45)47-44(42)46/h42H,2-41H2,1H3. The van der Waals surface area contributed by atoms with Crippen LogP contribution in [0.4, 0.5) is 0 Å². The lowest BCUT2D eigenvalue weighted by atomic mass is 9.98. The SMILES string of the molecule is CCCCCCCCCCCCCCCCCCCCCCCCCCCCCCCCCCCCCCCCC1CC(=O)OC1=O. The lowest BCUT2D eigenvalue weighted by Gasteiger charge is -2.05. The lowest BCUT2D eigenvalue weighted by Crippen LogP contribution is -2.06. The van der Waals surface area contributed by atoms with Crippen LogP contribution in [0.2, 0.25) is 0 Å². The summed E-state index contributed by atoms with van der Waals surface area (Å²) >= 11 is 0. The third kappa shape index (κ3) is 32.1. The minimum absolute atomic E-state index is 0.157. The predicted molar refractivity (Wildman–Crippen MR) is 205 cm³/mol. The molecule has 1 unspecified atom stereocenters. The summed E-state index contributed by atoms with van der Waals surface area (Å²) in [5, 5.41) is 0. The van der Waals surface area contributed by atoms with Crippen molar-refractivity contribution in [3.63, 3.8) is 0 Å². The fourth-order valence-electron chi connectivity index (χ4n) is 7.57. The molecule has 0 saturated carbocycles. The summed E-state index contributed by atoms with van der Waals surface area (Å²) in [5.41, 5.74) is 0. The molecule has 1 aliphatic heterocycles. The molecule has 1 aliphatic rings. The van der Waals surface area contributed by atoms with Gasteiger partial charge in [0.2, 0.25) is 0 Å². The van der Waals surface area contributed by atoms with Gasteiger partial charge in [-0.25, -0.2) is 0 Å². The predicted octanol–water partition coefficient (Wildman–Crippen LogP) is 15.3. The summed E-state index contributed by atoms with van der Waals surface area (Å²) in [6, 6.07) is 0. The molecule has 0 amide bonds. The van der Waals surface area contributed by atoms with Gasteiger partial charge in [0.25, 0.3) is 0 Å². The van der Waals surface area contributed by atoms with E-state index in [1.165, 1.54) is 238 Å². The van der Waals surface area contributed by atoms with Crippen LogP contribution < -0.4 is 0 Å². The summed E-state index contributed by atoms with van der Waals surface area (Å²) in [6.45, 7) is 2.31. The summed E-state index contributed by atoms with van der Waals surface area (Å²) in [6.07, 6.45) is 55.4. The maximum absolute atomic E-state index is 11.5. The van der Waals surface area contributed by atoms with Crippen molar-refractivity contribution in [1.29, 1.82) is 0 Å². The Labute approximate surface area is 295 Å². The maximum Gasteiger partial charge on any atom is 0.317 e. The van der Waals surface area contributed by atoms with Crippen LogP contribution in [-0.2, 0) is 14.3 Å². The van der Waals surface area contributed by atoms with E-state index < -0.39 is 0 Å². The van der Waals surface area contributed by atoms with Crippen molar-refractivity contribution in [2.24, 2.45) is 5.92 Å². The number of unbranched alkanes of at least 4 members (excludes halogenated alkanes) is 37. The van der Waals surface area contributed by atoms with Crippen LogP contribution in [0.15, 0.2) is 0 Å². The largest absolute Gasteiger partial charge is 0.393 e. The van der Waals surface area contributed by atoms with Gasteiger partial charge in [-0.1, -0.05) is 251 Å². The molecule has 0 N–H and O–H groups in total. The van der Waals surface area contributed by atoms with Crippen molar-refractivity contribution in [3.8, 4) is 0 Å². The molecule has 1 rings (SSSR count). The van der Waals surface area contributed by atoms with Crippen LogP contribution in [0.5, 0.6) is 0 Å². The van der Waals surface area contributed by atoms with Gasteiger partial charge in [0, 0.05) is 0 Å². The van der Waals surface area contributed by atoms with Crippen LogP contribution in [0.25, 0.3) is 0 Å². The van der Waals surface area contributed by atoms with E-state index in [-0.39, 0.29) is 17.9 Å². The molecule has 0 aliphatic carbocycles. The van der Waals surface area contributed by atoms with Crippen molar-refractivity contribution in [2.75, 3.05) is 0 Å². The third-order valence-corrected chi connectivity index (χ3v) is 10.9. The molecule has 3 heteroatoms. The van der Waals surface area contributed by atoms with E-state index in [2.05, 4.69) is 11.7 Å². The van der Waals surface area contributed by atoms with Crippen LogP contribution >= 0.6 is 0 Å². The zero-order chi connectivity index (χ0) is 33.7. The molecule has 278 valence electrons. The first-order valence-electron chi connectivity index (χ1n) is 22.0. The minimum Gasteiger partial charge on any atom is -0.393 e. The Morgan fingerprint density at radius 3 is 0.766 bits per heavy atom. The van der Waals surface area contributed by atoms with Crippen molar-refractivity contribution in [3.05, 3.63) is 0 Å². The zero-order valence-electron chi connectivity index (χ0n) is 32.1. The van der Waals surface area contributed by atoms with E-state index in [0.717, 1.165) is 12.8 Å².